The van der Waals surface area contributed by atoms with Gasteiger partial charge in [0, 0.05) is 36.8 Å². The first-order valence-corrected chi connectivity index (χ1v) is 11.8. The van der Waals surface area contributed by atoms with Crippen molar-refractivity contribution in [1.82, 2.24) is 14.5 Å². The lowest BCUT2D eigenvalue weighted by molar-refractivity contribution is -0.128. The molecular weight excluding hydrogens is 438 g/mol. The lowest BCUT2D eigenvalue weighted by Gasteiger charge is -2.35. The van der Waals surface area contributed by atoms with Crippen LogP contribution < -0.4 is 9.47 Å². The Bertz CT molecular complexity index is 1420. The van der Waals surface area contributed by atoms with Crippen molar-refractivity contribution < 1.29 is 14.3 Å². The van der Waals surface area contributed by atoms with Crippen molar-refractivity contribution in [2.45, 2.75) is 19.4 Å². The van der Waals surface area contributed by atoms with E-state index >= 15 is 0 Å². The van der Waals surface area contributed by atoms with Gasteiger partial charge in [-0.3, -0.25) is 4.79 Å². The van der Waals surface area contributed by atoms with Crippen molar-refractivity contribution in [3.8, 4) is 22.8 Å². The second kappa shape index (κ2) is 9.29. The van der Waals surface area contributed by atoms with Gasteiger partial charge in [0.15, 0.2) is 11.5 Å². The highest BCUT2D eigenvalue weighted by Crippen LogP contribution is 2.38. The van der Waals surface area contributed by atoms with E-state index in [2.05, 4.69) is 34.7 Å². The molecule has 5 rings (SSSR count). The molecule has 1 aliphatic heterocycles. The Hall–Kier alpha value is -4.06. The summed E-state index contributed by atoms with van der Waals surface area (Å²) in [6.07, 6.45) is 6.20. The quantitative estimate of drug-likeness (QED) is 0.368. The van der Waals surface area contributed by atoms with Gasteiger partial charge in [-0.25, -0.2) is 4.98 Å². The maximum Gasteiger partial charge on any atom is 0.247 e. The van der Waals surface area contributed by atoms with Gasteiger partial charge < -0.3 is 18.9 Å². The van der Waals surface area contributed by atoms with Gasteiger partial charge in [-0.15, -0.1) is 0 Å². The first kappa shape index (κ1) is 22.7. The van der Waals surface area contributed by atoms with Crippen LogP contribution in [0.5, 0.6) is 11.5 Å². The number of nitrogens with zero attached hydrogens (tertiary/aromatic N) is 3. The number of carbonyl (C=O) groups is 1. The predicted molar refractivity (Wildman–Crippen MR) is 139 cm³/mol. The number of hydrogen-bond donors (Lipinski definition) is 0. The molecule has 35 heavy (non-hydrogen) atoms. The molecule has 0 saturated carbocycles. The van der Waals surface area contributed by atoms with Crippen LogP contribution in [-0.4, -0.2) is 41.1 Å². The zero-order valence-electron chi connectivity index (χ0n) is 20.5. The summed E-state index contributed by atoms with van der Waals surface area (Å²) in [5, 5.41) is 1.02. The highest BCUT2D eigenvalue weighted by Gasteiger charge is 2.28. The molecule has 4 aromatic rings. The zero-order chi connectivity index (χ0) is 24.5. The number of pyridine rings is 1. The van der Waals surface area contributed by atoms with Crippen molar-refractivity contribution in [2.75, 3.05) is 20.8 Å². The third-order valence-electron chi connectivity index (χ3n) is 6.89. The van der Waals surface area contributed by atoms with Gasteiger partial charge in [0.2, 0.25) is 5.91 Å². The number of methoxy groups -OCH3 is 2. The molecular formula is C29H29N3O3. The molecule has 0 aliphatic carbocycles. The highest BCUT2D eigenvalue weighted by molar-refractivity contribution is 6.00. The fourth-order valence-electron chi connectivity index (χ4n) is 5.10. The number of rotatable bonds is 5. The molecule has 6 heteroatoms. The first-order valence-electron chi connectivity index (χ1n) is 11.8. The Morgan fingerprint density at radius 3 is 2.54 bits per heavy atom. The molecule has 6 nitrogen and oxygen atoms in total. The molecule has 2 aromatic heterocycles. The summed E-state index contributed by atoms with van der Waals surface area (Å²) in [6.45, 7) is 2.71. The third-order valence-corrected chi connectivity index (χ3v) is 6.89. The summed E-state index contributed by atoms with van der Waals surface area (Å²) in [7, 11) is 5.29. The van der Waals surface area contributed by atoms with Crippen LogP contribution in [0.3, 0.4) is 0 Å². The molecule has 1 aliphatic rings. The predicted octanol–water partition coefficient (Wildman–Crippen LogP) is 5.42. The van der Waals surface area contributed by atoms with Gasteiger partial charge in [0.1, 0.15) is 5.65 Å². The average molecular weight is 468 g/mol. The largest absolute Gasteiger partial charge is 0.493 e. The van der Waals surface area contributed by atoms with Crippen LogP contribution in [0, 0.1) is 0 Å². The number of aromatic nitrogens is 2. The number of benzene rings is 2. The summed E-state index contributed by atoms with van der Waals surface area (Å²) >= 11 is 0. The van der Waals surface area contributed by atoms with Gasteiger partial charge in [0.25, 0.3) is 0 Å². The number of carbonyl (C=O) groups excluding carboxylic acids is 1. The van der Waals surface area contributed by atoms with Crippen molar-refractivity contribution >= 4 is 23.0 Å². The minimum Gasteiger partial charge on any atom is -0.493 e. The van der Waals surface area contributed by atoms with Gasteiger partial charge in [0.05, 0.1) is 26.0 Å². The number of hydrogen-bond acceptors (Lipinski definition) is 4. The van der Waals surface area contributed by atoms with E-state index in [-0.39, 0.29) is 11.9 Å². The highest BCUT2D eigenvalue weighted by atomic mass is 16.5. The number of ether oxygens (including phenoxy) is 2. The van der Waals surface area contributed by atoms with Crippen LogP contribution in [0.4, 0.5) is 0 Å². The van der Waals surface area contributed by atoms with E-state index in [1.54, 1.807) is 26.5 Å². The Morgan fingerprint density at radius 2 is 1.80 bits per heavy atom. The molecule has 1 amide bonds. The maximum atomic E-state index is 13.4. The van der Waals surface area contributed by atoms with Crippen LogP contribution in [0.15, 0.2) is 66.9 Å². The van der Waals surface area contributed by atoms with Crippen LogP contribution in [-0.2, 0) is 18.3 Å². The summed E-state index contributed by atoms with van der Waals surface area (Å²) in [5.74, 6) is 1.38. The lowest BCUT2D eigenvalue weighted by Crippen LogP contribution is -2.37. The van der Waals surface area contributed by atoms with E-state index in [0.29, 0.717) is 12.3 Å². The minimum atomic E-state index is -0.0708. The molecule has 0 N–H and O–H groups in total. The van der Waals surface area contributed by atoms with Crippen molar-refractivity contribution in [3.05, 3.63) is 83.6 Å². The van der Waals surface area contributed by atoms with Gasteiger partial charge in [-0.1, -0.05) is 30.3 Å². The van der Waals surface area contributed by atoms with Crippen LogP contribution >= 0.6 is 0 Å². The van der Waals surface area contributed by atoms with Crippen LogP contribution in [0.2, 0.25) is 0 Å². The van der Waals surface area contributed by atoms with Crippen LogP contribution in [0.25, 0.3) is 28.4 Å². The number of aryl methyl sites for hydroxylation is 1. The summed E-state index contributed by atoms with van der Waals surface area (Å²) in [5.41, 5.74) is 6.29. The van der Waals surface area contributed by atoms with E-state index in [4.69, 9.17) is 9.47 Å². The second-order valence-corrected chi connectivity index (χ2v) is 8.76. The molecule has 1 atom stereocenters. The molecule has 0 saturated heterocycles. The topological polar surface area (TPSA) is 56.6 Å². The molecule has 0 fully saturated rings. The Balaban J connectivity index is 1.50. The number of amides is 1. The van der Waals surface area contributed by atoms with E-state index in [9.17, 15) is 4.79 Å². The normalized spacial score (nSPS) is 15.4. The molecule has 0 spiro atoms. The van der Waals surface area contributed by atoms with E-state index in [1.807, 2.05) is 54.4 Å². The Kier molecular flexibility index (Phi) is 6.03. The first-order chi connectivity index (χ1) is 17.0. The monoisotopic (exact) mass is 467 g/mol. The van der Waals surface area contributed by atoms with E-state index < -0.39 is 0 Å². The molecule has 0 bridgehead atoms. The molecule has 0 radical (unpaired) electrons. The summed E-state index contributed by atoms with van der Waals surface area (Å²) in [6, 6.07) is 18.1. The Labute approximate surface area is 205 Å². The van der Waals surface area contributed by atoms with Crippen LogP contribution in [0.1, 0.15) is 29.7 Å². The SMILES string of the molecule is COc1cc2c(cc1OC)C(C)N(C(=O)/C=C/c1c(-c3ccccc3)n(C)c3ncccc13)CC2. The molecule has 3 heterocycles. The van der Waals surface area contributed by atoms with E-state index in [1.165, 1.54) is 5.56 Å². The van der Waals surface area contributed by atoms with Gasteiger partial charge in [-0.05, 0) is 60.4 Å². The van der Waals surface area contributed by atoms with Crippen molar-refractivity contribution in [3.63, 3.8) is 0 Å². The third kappa shape index (κ3) is 3.95. The minimum absolute atomic E-state index is 0.0159. The zero-order valence-corrected chi connectivity index (χ0v) is 20.5. The molecule has 2 aromatic carbocycles. The van der Waals surface area contributed by atoms with Gasteiger partial charge in [-0.2, -0.15) is 0 Å². The van der Waals surface area contributed by atoms with E-state index in [0.717, 1.165) is 45.6 Å². The average Bonchev–Trinajstić information content (AvgIpc) is 3.18. The molecule has 1 unspecified atom stereocenters. The van der Waals surface area contributed by atoms with Crippen molar-refractivity contribution in [1.29, 1.82) is 0 Å². The lowest BCUT2D eigenvalue weighted by atomic mass is 9.92. The number of fused-ring (bicyclic) bond motifs is 2. The smallest absolute Gasteiger partial charge is 0.247 e. The fourth-order valence-corrected chi connectivity index (χ4v) is 5.10. The van der Waals surface area contributed by atoms with Crippen molar-refractivity contribution in [2.24, 2.45) is 7.05 Å². The maximum absolute atomic E-state index is 13.4. The fraction of sp³-hybridized carbons (Fsp3) is 0.241. The second-order valence-electron chi connectivity index (χ2n) is 8.76. The van der Waals surface area contributed by atoms with Gasteiger partial charge >= 0.3 is 0 Å². The Morgan fingerprint density at radius 1 is 1.06 bits per heavy atom. The standard InChI is InChI=1S/C29H29N3O3/c1-19-24-18-26(35-4)25(34-3)17-21(24)14-16-32(19)27(33)13-12-22-23-11-8-15-30-29(23)31(2)28(22)20-9-6-5-7-10-20/h5-13,15,17-19H,14,16H2,1-4H3/b13-12+. The summed E-state index contributed by atoms with van der Waals surface area (Å²) in [4.78, 5) is 19.9. The summed E-state index contributed by atoms with van der Waals surface area (Å²) < 4.78 is 13.1. The molecule has 178 valence electrons.